The van der Waals surface area contributed by atoms with Gasteiger partial charge in [-0.3, -0.25) is 14.5 Å². The standard InChI is InChI=1S/C23H40N4O3/c28-19-27(26-16-14-25(15-17-26)21-8-12-24-13-9-21)23(10-4-1-5-11-23)30-22(29)18-20-6-2-3-7-20/h19-21,24H,1-18H2. The molecule has 0 atom stereocenters. The summed E-state index contributed by atoms with van der Waals surface area (Å²) in [5.74, 6) is 0.361. The van der Waals surface area contributed by atoms with Gasteiger partial charge in [-0.05, 0) is 57.5 Å². The van der Waals surface area contributed by atoms with E-state index in [4.69, 9.17) is 4.74 Å². The quantitative estimate of drug-likeness (QED) is 0.388. The minimum atomic E-state index is -0.771. The highest BCUT2D eigenvalue weighted by atomic mass is 16.6. The highest BCUT2D eigenvalue weighted by molar-refractivity contribution is 5.70. The lowest BCUT2D eigenvalue weighted by atomic mass is 9.90. The fraction of sp³-hybridized carbons (Fsp3) is 0.913. The van der Waals surface area contributed by atoms with Gasteiger partial charge in [-0.1, -0.05) is 19.3 Å². The third-order valence-corrected chi connectivity index (χ3v) is 7.81. The van der Waals surface area contributed by atoms with E-state index in [2.05, 4.69) is 15.2 Å². The Morgan fingerprint density at radius 2 is 1.63 bits per heavy atom. The summed E-state index contributed by atoms with van der Waals surface area (Å²) in [5.41, 5.74) is -0.771. The number of nitrogens with one attached hydrogen (secondary N) is 1. The van der Waals surface area contributed by atoms with Crippen molar-refractivity contribution >= 4 is 12.4 Å². The molecule has 0 radical (unpaired) electrons. The minimum absolute atomic E-state index is 0.107. The number of hydrogen-bond donors (Lipinski definition) is 1. The Morgan fingerprint density at radius 3 is 2.27 bits per heavy atom. The third kappa shape index (κ3) is 5.17. The Kier molecular flexibility index (Phi) is 7.65. The molecule has 0 aromatic rings. The van der Waals surface area contributed by atoms with E-state index < -0.39 is 5.72 Å². The molecular formula is C23H40N4O3. The maximum absolute atomic E-state index is 12.8. The average molecular weight is 421 g/mol. The van der Waals surface area contributed by atoms with Crippen molar-refractivity contribution in [3.8, 4) is 0 Å². The molecule has 1 amide bonds. The van der Waals surface area contributed by atoms with Gasteiger partial charge in [0, 0.05) is 51.5 Å². The van der Waals surface area contributed by atoms with Gasteiger partial charge < -0.3 is 10.1 Å². The second kappa shape index (κ2) is 10.4. The SMILES string of the molecule is O=CN(N1CCN(C2CCNCC2)CC1)C1(OC(=O)CC2CCCC2)CCCCC1. The van der Waals surface area contributed by atoms with Crippen LogP contribution in [0.5, 0.6) is 0 Å². The zero-order valence-corrected chi connectivity index (χ0v) is 18.5. The highest BCUT2D eigenvalue weighted by Gasteiger charge is 2.45. The highest BCUT2D eigenvalue weighted by Crippen LogP contribution is 2.37. The molecule has 7 heteroatoms. The first-order valence-corrected chi connectivity index (χ1v) is 12.4. The Morgan fingerprint density at radius 1 is 0.967 bits per heavy atom. The summed E-state index contributed by atoms with van der Waals surface area (Å²) in [6.07, 6.45) is 13.3. The molecule has 2 aliphatic heterocycles. The third-order valence-electron chi connectivity index (χ3n) is 7.81. The second-order valence-electron chi connectivity index (χ2n) is 9.76. The van der Waals surface area contributed by atoms with Gasteiger partial charge in [0.05, 0.1) is 0 Å². The van der Waals surface area contributed by atoms with Crippen LogP contribution >= 0.6 is 0 Å². The van der Waals surface area contributed by atoms with Crippen LogP contribution in [0.2, 0.25) is 0 Å². The second-order valence-corrected chi connectivity index (χ2v) is 9.76. The Hall–Kier alpha value is -1.18. The van der Waals surface area contributed by atoms with Gasteiger partial charge in [0.2, 0.25) is 12.1 Å². The lowest BCUT2D eigenvalue weighted by Crippen LogP contribution is -2.64. The summed E-state index contributed by atoms with van der Waals surface area (Å²) in [7, 11) is 0. The summed E-state index contributed by atoms with van der Waals surface area (Å²) in [4.78, 5) is 27.7. The molecular weight excluding hydrogens is 380 g/mol. The molecule has 30 heavy (non-hydrogen) atoms. The van der Waals surface area contributed by atoms with Crippen molar-refractivity contribution in [2.24, 2.45) is 5.92 Å². The number of nitrogens with zero attached hydrogens (tertiary/aromatic N) is 3. The summed E-state index contributed by atoms with van der Waals surface area (Å²) in [6.45, 7) is 5.80. The number of amides is 1. The molecule has 0 spiro atoms. The number of esters is 1. The van der Waals surface area contributed by atoms with E-state index in [0.29, 0.717) is 18.4 Å². The van der Waals surface area contributed by atoms with Crippen LogP contribution in [-0.4, -0.2) is 78.3 Å². The maximum Gasteiger partial charge on any atom is 0.308 e. The molecule has 2 saturated heterocycles. The van der Waals surface area contributed by atoms with Crippen LogP contribution in [0.15, 0.2) is 0 Å². The average Bonchev–Trinajstić information content (AvgIpc) is 3.29. The number of hydrazine groups is 1. The van der Waals surface area contributed by atoms with Crippen LogP contribution < -0.4 is 5.32 Å². The van der Waals surface area contributed by atoms with Gasteiger partial charge in [-0.25, -0.2) is 10.0 Å². The molecule has 0 aromatic heterocycles. The predicted molar refractivity (Wildman–Crippen MR) is 115 cm³/mol. The van der Waals surface area contributed by atoms with Crippen molar-refractivity contribution in [2.45, 2.75) is 88.8 Å². The molecule has 170 valence electrons. The molecule has 4 rings (SSSR count). The van der Waals surface area contributed by atoms with Crippen molar-refractivity contribution in [3.05, 3.63) is 0 Å². The van der Waals surface area contributed by atoms with E-state index in [0.717, 1.165) is 90.6 Å². The molecule has 7 nitrogen and oxygen atoms in total. The van der Waals surface area contributed by atoms with E-state index >= 15 is 0 Å². The van der Waals surface area contributed by atoms with Gasteiger partial charge in [0.15, 0.2) is 0 Å². The zero-order valence-electron chi connectivity index (χ0n) is 18.5. The number of rotatable bonds is 7. The monoisotopic (exact) mass is 420 g/mol. The van der Waals surface area contributed by atoms with Gasteiger partial charge in [0.25, 0.3) is 0 Å². The molecule has 2 aliphatic carbocycles. The fourth-order valence-corrected chi connectivity index (χ4v) is 6.07. The van der Waals surface area contributed by atoms with E-state index in [1.807, 2.05) is 0 Å². The van der Waals surface area contributed by atoms with Gasteiger partial charge in [-0.2, -0.15) is 0 Å². The number of carbonyl (C=O) groups is 2. The van der Waals surface area contributed by atoms with Crippen LogP contribution in [0.3, 0.4) is 0 Å². The molecule has 0 aromatic carbocycles. The summed E-state index contributed by atoms with van der Waals surface area (Å²) in [5, 5.41) is 7.37. The predicted octanol–water partition coefficient (Wildman–Crippen LogP) is 2.51. The normalized spacial score (nSPS) is 27.1. The summed E-state index contributed by atoms with van der Waals surface area (Å²) in [6, 6.07) is 0.658. The van der Waals surface area contributed by atoms with Crippen LogP contribution in [0.4, 0.5) is 0 Å². The van der Waals surface area contributed by atoms with Gasteiger partial charge in [0.1, 0.15) is 0 Å². The van der Waals surface area contributed by atoms with Gasteiger partial charge in [-0.15, -0.1) is 0 Å². The van der Waals surface area contributed by atoms with Gasteiger partial charge >= 0.3 is 5.97 Å². The fourth-order valence-electron chi connectivity index (χ4n) is 6.07. The van der Waals surface area contributed by atoms with Crippen molar-refractivity contribution in [1.29, 1.82) is 0 Å². The number of carbonyl (C=O) groups excluding carboxylic acids is 2. The van der Waals surface area contributed by atoms with Crippen LogP contribution in [0, 0.1) is 5.92 Å². The molecule has 0 bridgehead atoms. The Labute approximate surface area is 181 Å². The topological polar surface area (TPSA) is 65.1 Å². The largest absolute Gasteiger partial charge is 0.437 e. The zero-order chi connectivity index (χ0) is 20.8. The van der Waals surface area contributed by atoms with E-state index in [1.165, 1.54) is 25.7 Å². The lowest BCUT2D eigenvalue weighted by Gasteiger charge is -2.50. The number of hydrogen-bond acceptors (Lipinski definition) is 6. The number of ether oxygens (including phenoxy) is 1. The molecule has 1 N–H and O–H groups in total. The molecule has 2 heterocycles. The maximum atomic E-state index is 12.8. The van der Waals surface area contributed by atoms with Crippen molar-refractivity contribution in [1.82, 2.24) is 20.2 Å². The molecule has 4 aliphatic rings. The first kappa shape index (κ1) is 22.0. The first-order chi connectivity index (χ1) is 14.7. The Balaban J connectivity index is 1.38. The van der Waals surface area contributed by atoms with E-state index in [-0.39, 0.29) is 5.97 Å². The van der Waals surface area contributed by atoms with E-state index in [9.17, 15) is 9.59 Å². The van der Waals surface area contributed by atoms with E-state index in [1.54, 1.807) is 5.01 Å². The first-order valence-electron chi connectivity index (χ1n) is 12.4. The number of piperidine rings is 1. The minimum Gasteiger partial charge on any atom is -0.437 e. The summed E-state index contributed by atoms with van der Waals surface area (Å²) < 4.78 is 6.18. The van der Waals surface area contributed by atoms with Crippen LogP contribution in [0.25, 0.3) is 0 Å². The van der Waals surface area contributed by atoms with Crippen molar-refractivity contribution in [2.75, 3.05) is 39.3 Å². The summed E-state index contributed by atoms with van der Waals surface area (Å²) >= 11 is 0. The molecule has 0 unspecified atom stereocenters. The number of piperazine rings is 1. The molecule has 4 fully saturated rings. The smallest absolute Gasteiger partial charge is 0.308 e. The Bertz CT molecular complexity index is 561. The lowest BCUT2D eigenvalue weighted by molar-refractivity contribution is -0.238. The van der Waals surface area contributed by atoms with Crippen molar-refractivity contribution in [3.63, 3.8) is 0 Å². The van der Waals surface area contributed by atoms with Crippen LogP contribution in [-0.2, 0) is 14.3 Å². The van der Waals surface area contributed by atoms with Crippen LogP contribution in [0.1, 0.15) is 77.0 Å². The van der Waals surface area contributed by atoms with Crippen molar-refractivity contribution < 1.29 is 14.3 Å². The molecule has 2 saturated carbocycles.